The molecule has 28 heavy (non-hydrogen) atoms. The molecule has 0 aliphatic carbocycles. The minimum atomic E-state index is -0.401. The molecular formula is C22H23N3O3. The van der Waals surface area contributed by atoms with Gasteiger partial charge in [0.05, 0.1) is 4.92 Å². The van der Waals surface area contributed by atoms with Crippen molar-refractivity contribution in [1.82, 2.24) is 4.98 Å². The smallest absolute Gasteiger partial charge is 0.269 e. The molecule has 1 aliphatic rings. The number of anilines is 1. The van der Waals surface area contributed by atoms with Crippen LogP contribution in [0.25, 0.3) is 10.9 Å². The van der Waals surface area contributed by atoms with Crippen LogP contribution in [0.3, 0.4) is 0 Å². The fraction of sp³-hybridized carbons (Fsp3) is 0.318. The Morgan fingerprint density at radius 3 is 2.75 bits per heavy atom. The summed E-state index contributed by atoms with van der Waals surface area (Å²) in [7, 11) is 0. The summed E-state index contributed by atoms with van der Waals surface area (Å²) < 4.78 is 6.02. The first-order valence-corrected chi connectivity index (χ1v) is 9.61. The van der Waals surface area contributed by atoms with Gasteiger partial charge in [-0.05, 0) is 54.7 Å². The van der Waals surface area contributed by atoms with E-state index in [1.165, 1.54) is 25.0 Å². The number of nitrogens with zero attached hydrogens (tertiary/aromatic N) is 3. The lowest BCUT2D eigenvalue weighted by Crippen LogP contribution is -2.34. The van der Waals surface area contributed by atoms with Gasteiger partial charge in [0.25, 0.3) is 5.69 Å². The molecule has 1 aliphatic heterocycles. The quantitative estimate of drug-likeness (QED) is 0.464. The molecule has 0 amide bonds. The van der Waals surface area contributed by atoms with Crippen molar-refractivity contribution in [2.24, 2.45) is 5.92 Å². The molecule has 0 spiro atoms. The zero-order valence-corrected chi connectivity index (χ0v) is 15.9. The van der Waals surface area contributed by atoms with E-state index in [-0.39, 0.29) is 5.69 Å². The first kappa shape index (κ1) is 18.2. The van der Waals surface area contributed by atoms with E-state index in [1.807, 2.05) is 18.2 Å². The van der Waals surface area contributed by atoms with E-state index < -0.39 is 4.92 Å². The number of hydrogen-bond acceptors (Lipinski definition) is 5. The number of rotatable bonds is 5. The summed E-state index contributed by atoms with van der Waals surface area (Å²) in [6, 6.07) is 16.5. The number of para-hydroxylation sites is 1. The lowest BCUT2D eigenvalue weighted by atomic mass is 10.0. The van der Waals surface area contributed by atoms with Crippen molar-refractivity contribution in [3.05, 3.63) is 70.3 Å². The van der Waals surface area contributed by atoms with Crippen LogP contribution < -0.4 is 9.64 Å². The van der Waals surface area contributed by atoms with Crippen molar-refractivity contribution in [3.63, 3.8) is 0 Å². The number of hydrogen-bond donors (Lipinski definition) is 0. The Hall–Kier alpha value is -3.15. The summed E-state index contributed by atoms with van der Waals surface area (Å²) in [5.74, 6) is 2.40. The molecule has 2 heterocycles. The molecule has 1 atom stereocenters. The van der Waals surface area contributed by atoms with Crippen molar-refractivity contribution in [1.29, 1.82) is 0 Å². The van der Waals surface area contributed by atoms with Crippen LogP contribution in [-0.4, -0.2) is 23.0 Å². The van der Waals surface area contributed by atoms with Gasteiger partial charge in [0.1, 0.15) is 23.7 Å². The number of fused-ring (bicyclic) bond motifs is 1. The van der Waals surface area contributed by atoms with Crippen molar-refractivity contribution in [2.45, 2.75) is 26.4 Å². The second-order valence-electron chi connectivity index (χ2n) is 7.40. The van der Waals surface area contributed by atoms with Gasteiger partial charge in [-0.3, -0.25) is 10.1 Å². The third-order valence-corrected chi connectivity index (χ3v) is 5.19. The average molecular weight is 377 g/mol. The Bertz CT molecular complexity index is 988. The van der Waals surface area contributed by atoms with Crippen molar-refractivity contribution < 1.29 is 9.66 Å². The number of nitro benzene ring substituents is 1. The molecule has 0 saturated carbocycles. The summed E-state index contributed by atoms with van der Waals surface area (Å²) in [6.45, 7) is 4.69. The van der Waals surface area contributed by atoms with E-state index in [4.69, 9.17) is 9.72 Å². The zero-order chi connectivity index (χ0) is 19.5. The number of ether oxygens (including phenoxy) is 1. The van der Waals surface area contributed by atoms with Gasteiger partial charge in [-0.15, -0.1) is 0 Å². The molecule has 3 aromatic rings. The molecule has 0 N–H and O–H groups in total. The van der Waals surface area contributed by atoms with E-state index in [9.17, 15) is 10.1 Å². The van der Waals surface area contributed by atoms with Crippen molar-refractivity contribution in [2.75, 3.05) is 18.0 Å². The standard InChI is InChI=1S/C22H23N3O3/c1-16-4-3-13-24(14-16)21-12-9-18-5-2-6-20(22(18)23-21)28-15-17-7-10-19(11-8-17)25(26)27/h2,5-12,16H,3-4,13-15H2,1H3. The maximum atomic E-state index is 10.8. The van der Waals surface area contributed by atoms with Gasteiger partial charge in [0.2, 0.25) is 0 Å². The van der Waals surface area contributed by atoms with E-state index in [0.29, 0.717) is 12.5 Å². The third-order valence-electron chi connectivity index (χ3n) is 5.19. The number of piperidine rings is 1. The molecule has 1 unspecified atom stereocenters. The molecular weight excluding hydrogens is 354 g/mol. The number of benzene rings is 2. The maximum Gasteiger partial charge on any atom is 0.269 e. The van der Waals surface area contributed by atoms with Crippen molar-refractivity contribution >= 4 is 22.4 Å². The largest absolute Gasteiger partial charge is 0.487 e. The SMILES string of the molecule is CC1CCCN(c2ccc3cccc(OCc4ccc([N+](=O)[O-])cc4)c3n2)C1. The van der Waals surface area contributed by atoms with Gasteiger partial charge in [0.15, 0.2) is 0 Å². The molecule has 1 saturated heterocycles. The fourth-order valence-electron chi connectivity index (χ4n) is 3.67. The number of non-ortho nitro benzene ring substituents is 1. The van der Waals surface area contributed by atoms with Gasteiger partial charge in [-0.1, -0.05) is 19.1 Å². The van der Waals surface area contributed by atoms with Crippen LogP contribution in [0, 0.1) is 16.0 Å². The van der Waals surface area contributed by atoms with Gasteiger partial charge in [-0.2, -0.15) is 0 Å². The Morgan fingerprint density at radius 1 is 1.18 bits per heavy atom. The van der Waals surface area contributed by atoms with E-state index in [0.717, 1.165) is 41.1 Å². The van der Waals surface area contributed by atoms with Crippen molar-refractivity contribution in [3.8, 4) is 5.75 Å². The number of aromatic nitrogens is 1. The van der Waals surface area contributed by atoms with Crippen LogP contribution in [0.5, 0.6) is 5.75 Å². The highest BCUT2D eigenvalue weighted by Gasteiger charge is 2.18. The fourth-order valence-corrected chi connectivity index (χ4v) is 3.67. The summed E-state index contributed by atoms with van der Waals surface area (Å²) in [5.41, 5.74) is 1.81. The lowest BCUT2D eigenvalue weighted by Gasteiger charge is -2.32. The van der Waals surface area contributed by atoms with Crippen LogP contribution in [0.4, 0.5) is 11.5 Å². The van der Waals surface area contributed by atoms with Gasteiger partial charge >= 0.3 is 0 Å². The first-order valence-electron chi connectivity index (χ1n) is 9.61. The summed E-state index contributed by atoms with van der Waals surface area (Å²) >= 11 is 0. The molecule has 6 nitrogen and oxygen atoms in total. The maximum absolute atomic E-state index is 10.8. The van der Waals surface area contributed by atoms with Crippen LogP contribution in [-0.2, 0) is 6.61 Å². The minimum absolute atomic E-state index is 0.0796. The average Bonchev–Trinajstić information content (AvgIpc) is 2.72. The molecule has 1 aromatic heterocycles. The monoisotopic (exact) mass is 377 g/mol. The van der Waals surface area contributed by atoms with Gasteiger partial charge in [-0.25, -0.2) is 4.98 Å². The summed E-state index contributed by atoms with van der Waals surface area (Å²) in [5, 5.41) is 11.8. The summed E-state index contributed by atoms with van der Waals surface area (Å²) in [4.78, 5) is 17.6. The minimum Gasteiger partial charge on any atom is -0.487 e. The van der Waals surface area contributed by atoms with E-state index in [2.05, 4.69) is 24.0 Å². The highest BCUT2D eigenvalue weighted by Crippen LogP contribution is 2.29. The molecule has 4 rings (SSSR count). The predicted molar refractivity (Wildman–Crippen MR) is 110 cm³/mol. The number of pyridine rings is 1. The van der Waals surface area contributed by atoms with Crippen LogP contribution in [0.2, 0.25) is 0 Å². The Labute approximate surface area is 163 Å². The Kier molecular flexibility index (Phi) is 5.10. The predicted octanol–water partition coefficient (Wildman–Crippen LogP) is 4.96. The molecule has 0 bridgehead atoms. The lowest BCUT2D eigenvalue weighted by molar-refractivity contribution is -0.384. The van der Waals surface area contributed by atoms with Crippen LogP contribution in [0.1, 0.15) is 25.3 Å². The Morgan fingerprint density at radius 2 is 2.00 bits per heavy atom. The molecule has 2 aromatic carbocycles. The molecule has 0 radical (unpaired) electrons. The molecule has 1 fully saturated rings. The highest BCUT2D eigenvalue weighted by molar-refractivity contribution is 5.86. The Balaban J connectivity index is 1.56. The zero-order valence-electron chi connectivity index (χ0n) is 15.9. The third kappa shape index (κ3) is 3.91. The molecule has 144 valence electrons. The number of nitro groups is 1. The second-order valence-corrected chi connectivity index (χ2v) is 7.40. The van der Waals surface area contributed by atoms with Gasteiger partial charge < -0.3 is 9.64 Å². The topological polar surface area (TPSA) is 68.5 Å². The van der Waals surface area contributed by atoms with E-state index >= 15 is 0 Å². The van der Waals surface area contributed by atoms with E-state index in [1.54, 1.807) is 12.1 Å². The van der Waals surface area contributed by atoms with Crippen LogP contribution in [0.15, 0.2) is 54.6 Å². The first-order chi connectivity index (χ1) is 13.6. The highest BCUT2D eigenvalue weighted by atomic mass is 16.6. The summed E-state index contributed by atoms with van der Waals surface area (Å²) in [6.07, 6.45) is 2.47. The second kappa shape index (κ2) is 7.84. The van der Waals surface area contributed by atoms with Crippen LogP contribution >= 0.6 is 0 Å². The molecule has 6 heteroatoms. The van der Waals surface area contributed by atoms with Gasteiger partial charge in [0, 0.05) is 30.6 Å². The normalized spacial score (nSPS) is 16.9.